The molecule has 0 radical (unpaired) electrons. The molecule has 4 heteroatoms. The van der Waals surface area contributed by atoms with Gasteiger partial charge < -0.3 is 9.84 Å². The molecule has 1 N–H and O–H groups in total. The maximum Gasteiger partial charge on any atom is 0.307 e. The highest BCUT2D eigenvalue weighted by Crippen LogP contribution is 2.12. The topological polar surface area (TPSA) is 63.6 Å². The number of hydrogen-bond acceptors (Lipinski definition) is 3. The van der Waals surface area contributed by atoms with Crippen LogP contribution in [-0.4, -0.2) is 23.1 Å². The van der Waals surface area contributed by atoms with E-state index < -0.39 is 12.1 Å². The number of carbonyl (C=O) groups is 2. The van der Waals surface area contributed by atoms with Crippen LogP contribution in [0.2, 0.25) is 0 Å². The first-order valence-corrected chi connectivity index (χ1v) is 7.01. The first kappa shape index (κ1) is 16.9. The van der Waals surface area contributed by atoms with Gasteiger partial charge >= 0.3 is 11.9 Å². The Morgan fingerprint density at radius 1 is 1.06 bits per heavy atom. The molecule has 0 aromatic rings. The van der Waals surface area contributed by atoms with Crippen molar-refractivity contribution in [3.63, 3.8) is 0 Å². The highest BCUT2D eigenvalue weighted by molar-refractivity contribution is 5.71. The van der Waals surface area contributed by atoms with Crippen molar-refractivity contribution in [3.05, 3.63) is 0 Å². The zero-order chi connectivity index (χ0) is 13.8. The monoisotopic (exact) mass is 258 g/mol. The largest absolute Gasteiger partial charge is 0.481 e. The molecule has 106 valence electrons. The van der Waals surface area contributed by atoms with E-state index in [9.17, 15) is 9.59 Å². The molecular weight excluding hydrogens is 232 g/mol. The standard InChI is InChI=1S/C14H26O4/c1-3-5-7-8-10-14(17)18-12(9-6-4-2)11-13(15)16/h12H,3-11H2,1-2H3,(H,15,16). The van der Waals surface area contributed by atoms with E-state index in [1.54, 1.807) is 0 Å². The molecule has 0 aliphatic carbocycles. The predicted molar refractivity (Wildman–Crippen MR) is 70.4 cm³/mol. The molecule has 18 heavy (non-hydrogen) atoms. The van der Waals surface area contributed by atoms with Crippen LogP contribution in [0.15, 0.2) is 0 Å². The Morgan fingerprint density at radius 2 is 1.72 bits per heavy atom. The van der Waals surface area contributed by atoms with E-state index in [1.807, 2.05) is 6.92 Å². The third-order valence-corrected chi connectivity index (χ3v) is 2.81. The summed E-state index contributed by atoms with van der Waals surface area (Å²) in [5, 5.41) is 8.75. The molecule has 0 aliphatic rings. The van der Waals surface area contributed by atoms with Crippen molar-refractivity contribution in [1.82, 2.24) is 0 Å². The Balaban J connectivity index is 3.89. The number of carbonyl (C=O) groups excluding carboxylic acids is 1. The molecule has 0 saturated heterocycles. The zero-order valence-corrected chi connectivity index (χ0v) is 11.6. The average Bonchev–Trinajstić information content (AvgIpc) is 2.31. The van der Waals surface area contributed by atoms with Gasteiger partial charge in [-0.3, -0.25) is 9.59 Å². The van der Waals surface area contributed by atoms with Crippen molar-refractivity contribution in [2.75, 3.05) is 0 Å². The highest BCUT2D eigenvalue weighted by atomic mass is 16.5. The number of rotatable bonds is 11. The minimum absolute atomic E-state index is 0.0826. The van der Waals surface area contributed by atoms with Gasteiger partial charge in [0.15, 0.2) is 0 Å². The summed E-state index contributed by atoms with van der Waals surface area (Å²) in [4.78, 5) is 22.2. The minimum atomic E-state index is -0.908. The smallest absolute Gasteiger partial charge is 0.307 e. The van der Waals surface area contributed by atoms with Crippen molar-refractivity contribution in [2.45, 2.75) is 77.7 Å². The maximum atomic E-state index is 11.5. The van der Waals surface area contributed by atoms with Crippen LogP contribution >= 0.6 is 0 Å². The first-order chi connectivity index (χ1) is 8.60. The molecule has 0 aliphatic heterocycles. The van der Waals surface area contributed by atoms with Crippen LogP contribution < -0.4 is 0 Å². The lowest BCUT2D eigenvalue weighted by Gasteiger charge is -2.15. The van der Waals surface area contributed by atoms with Crippen LogP contribution in [0.5, 0.6) is 0 Å². The third-order valence-electron chi connectivity index (χ3n) is 2.81. The number of esters is 1. The Kier molecular flexibility index (Phi) is 10.4. The Hall–Kier alpha value is -1.06. The molecule has 1 atom stereocenters. The van der Waals surface area contributed by atoms with E-state index in [2.05, 4.69) is 6.92 Å². The Morgan fingerprint density at radius 3 is 2.28 bits per heavy atom. The summed E-state index contributed by atoms with van der Waals surface area (Å²) >= 11 is 0. The van der Waals surface area contributed by atoms with Crippen molar-refractivity contribution in [2.24, 2.45) is 0 Å². The number of hydrogen-bond donors (Lipinski definition) is 1. The van der Waals surface area contributed by atoms with Crippen molar-refractivity contribution >= 4 is 11.9 Å². The zero-order valence-electron chi connectivity index (χ0n) is 11.6. The van der Waals surface area contributed by atoms with Gasteiger partial charge in [-0.15, -0.1) is 0 Å². The fourth-order valence-electron chi connectivity index (χ4n) is 1.77. The fourth-order valence-corrected chi connectivity index (χ4v) is 1.77. The molecule has 0 rings (SSSR count). The van der Waals surface area contributed by atoms with Gasteiger partial charge in [0.2, 0.25) is 0 Å². The van der Waals surface area contributed by atoms with Crippen LogP contribution in [0, 0.1) is 0 Å². The number of carboxylic acid groups (broad SMARTS) is 1. The third kappa shape index (κ3) is 10.1. The number of ether oxygens (including phenoxy) is 1. The van der Waals surface area contributed by atoms with E-state index in [1.165, 1.54) is 0 Å². The Bertz CT molecular complexity index is 238. The van der Waals surface area contributed by atoms with Crippen LogP contribution in [0.1, 0.15) is 71.6 Å². The van der Waals surface area contributed by atoms with E-state index in [-0.39, 0.29) is 12.4 Å². The van der Waals surface area contributed by atoms with Gasteiger partial charge in [0, 0.05) is 6.42 Å². The number of unbranched alkanes of at least 4 members (excludes halogenated alkanes) is 4. The van der Waals surface area contributed by atoms with Gasteiger partial charge in [0.25, 0.3) is 0 Å². The molecule has 4 nitrogen and oxygen atoms in total. The molecule has 0 aromatic carbocycles. The molecule has 0 amide bonds. The summed E-state index contributed by atoms with van der Waals surface area (Å²) in [6, 6.07) is 0. The Labute approximate surface area is 110 Å². The molecule has 0 aromatic heterocycles. The van der Waals surface area contributed by atoms with Gasteiger partial charge in [0.1, 0.15) is 6.10 Å². The molecular formula is C14H26O4. The summed E-state index contributed by atoms with van der Waals surface area (Å²) in [6.07, 6.45) is 6.50. The van der Waals surface area contributed by atoms with E-state index >= 15 is 0 Å². The van der Waals surface area contributed by atoms with Gasteiger partial charge in [-0.1, -0.05) is 46.0 Å². The second-order valence-corrected chi connectivity index (χ2v) is 4.66. The highest BCUT2D eigenvalue weighted by Gasteiger charge is 2.17. The van der Waals surface area contributed by atoms with Crippen LogP contribution in [0.3, 0.4) is 0 Å². The SMILES string of the molecule is CCCCCCC(=O)OC(CCCC)CC(=O)O. The van der Waals surface area contributed by atoms with Crippen molar-refractivity contribution < 1.29 is 19.4 Å². The fraction of sp³-hybridized carbons (Fsp3) is 0.857. The summed E-state index contributed by atoms with van der Waals surface area (Å²) in [7, 11) is 0. The molecule has 0 heterocycles. The summed E-state index contributed by atoms with van der Waals surface area (Å²) in [5.41, 5.74) is 0. The van der Waals surface area contributed by atoms with Crippen LogP contribution in [0.25, 0.3) is 0 Å². The molecule has 0 bridgehead atoms. The maximum absolute atomic E-state index is 11.5. The summed E-state index contributed by atoms with van der Waals surface area (Å²) in [6.45, 7) is 4.15. The minimum Gasteiger partial charge on any atom is -0.481 e. The summed E-state index contributed by atoms with van der Waals surface area (Å²) in [5.74, 6) is -1.16. The lowest BCUT2D eigenvalue weighted by atomic mass is 10.1. The van der Waals surface area contributed by atoms with Gasteiger partial charge in [0.05, 0.1) is 6.42 Å². The number of aliphatic carboxylic acids is 1. The molecule has 1 unspecified atom stereocenters. The second-order valence-electron chi connectivity index (χ2n) is 4.66. The summed E-state index contributed by atoms with van der Waals surface area (Å²) < 4.78 is 5.22. The quantitative estimate of drug-likeness (QED) is 0.455. The van der Waals surface area contributed by atoms with Gasteiger partial charge in [-0.2, -0.15) is 0 Å². The van der Waals surface area contributed by atoms with Gasteiger partial charge in [-0.25, -0.2) is 0 Å². The normalized spacial score (nSPS) is 12.1. The lowest BCUT2D eigenvalue weighted by molar-refractivity contribution is -0.153. The second kappa shape index (κ2) is 11.1. The molecule has 0 fully saturated rings. The van der Waals surface area contributed by atoms with E-state index in [0.29, 0.717) is 12.8 Å². The van der Waals surface area contributed by atoms with Crippen molar-refractivity contribution in [1.29, 1.82) is 0 Å². The number of carboxylic acids is 1. The predicted octanol–water partition coefficient (Wildman–Crippen LogP) is 3.53. The lowest BCUT2D eigenvalue weighted by Crippen LogP contribution is -2.21. The van der Waals surface area contributed by atoms with Crippen molar-refractivity contribution in [3.8, 4) is 0 Å². The molecule has 0 spiro atoms. The van der Waals surface area contributed by atoms with Crippen LogP contribution in [0.4, 0.5) is 0 Å². The molecule has 0 saturated carbocycles. The van der Waals surface area contributed by atoms with Gasteiger partial charge in [-0.05, 0) is 12.8 Å². The van der Waals surface area contributed by atoms with Crippen LogP contribution in [-0.2, 0) is 14.3 Å². The average molecular weight is 258 g/mol. The van der Waals surface area contributed by atoms with E-state index in [4.69, 9.17) is 9.84 Å². The van der Waals surface area contributed by atoms with E-state index in [0.717, 1.165) is 38.5 Å². The first-order valence-electron chi connectivity index (χ1n) is 7.01.